The van der Waals surface area contributed by atoms with E-state index in [4.69, 9.17) is 11.6 Å². The van der Waals surface area contributed by atoms with Gasteiger partial charge >= 0.3 is 0 Å². The second kappa shape index (κ2) is 5.51. The van der Waals surface area contributed by atoms with Gasteiger partial charge in [0.15, 0.2) is 0 Å². The highest BCUT2D eigenvalue weighted by molar-refractivity contribution is 9.09. The van der Waals surface area contributed by atoms with Gasteiger partial charge in [-0.3, -0.25) is 4.98 Å². The first kappa shape index (κ1) is 13.1. The number of pyridine rings is 1. The Morgan fingerprint density at radius 1 is 1.41 bits per heavy atom. The van der Waals surface area contributed by atoms with Gasteiger partial charge in [-0.25, -0.2) is 0 Å². The van der Waals surface area contributed by atoms with Crippen molar-refractivity contribution in [2.75, 3.05) is 0 Å². The van der Waals surface area contributed by atoms with Crippen LogP contribution in [0.25, 0.3) is 0 Å². The molecular formula is C13H13BrClNS. The molecule has 0 bridgehead atoms. The summed E-state index contributed by atoms with van der Waals surface area (Å²) in [4.78, 5) is 5.84. The summed E-state index contributed by atoms with van der Waals surface area (Å²) in [5, 5.41) is 2.97. The average Bonchev–Trinajstić information content (AvgIpc) is 2.63. The Kier molecular flexibility index (Phi) is 4.23. The number of rotatable bonds is 3. The van der Waals surface area contributed by atoms with Crippen LogP contribution in [0.3, 0.4) is 0 Å². The van der Waals surface area contributed by atoms with E-state index in [-0.39, 0.29) is 4.83 Å². The molecular weight excluding hydrogens is 318 g/mol. The predicted octanol–water partition coefficient (Wildman–Crippen LogP) is 5.09. The van der Waals surface area contributed by atoms with Gasteiger partial charge in [0.2, 0.25) is 0 Å². The fourth-order valence-corrected chi connectivity index (χ4v) is 3.95. The summed E-state index contributed by atoms with van der Waals surface area (Å²) in [6.45, 7) is 4.12. The molecule has 1 atom stereocenters. The van der Waals surface area contributed by atoms with Crippen LogP contribution < -0.4 is 0 Å². The molecule has 0 aliphatic rings. The first-order chi connectivity index (χ1) is 8.09. The predicted molar refractivity (Wildman–Crippen MR) is 78.4 cm³/mol. The number of aryl methyl sites for hydroxylation is 2. The van der Waals surface area contributed by atoms with Gasteiger partial charge in [0.05, 0.1) is 9.85 Å². The Hall–Kier alpha value is -0.380. The molecule has 0 aromatic carbocycles. The number of halogens is 2. The fourth-order valence-electron chi connectivity index (χ4n) is 1.66. The van der Waals surface area contributed by atoms with E-state index in [9.17, 15) is 0 Å². The van der Waals surface area contributed by atoms with Gasteiger partial charge in [0, 0.05) is 23.2 Å². The minimum absolute atomic E-state index is 0.238. The zero-order chi connectivity index (χ0) is 12.4. The third-order valence-electron chi connectivity index (χ3n) is 2.70. The minimum atomic E-state index is 0.238. The first-order valence-electron chi connectivity index (χ1n) is 5.37. The monoisotopic (exact) mass is 329 g/mol. The van der Waals surface area contributed by atoms with E-state index < -0.39 is 0 Å². The molecule has 1 nitrogen and oxygen atoms in total. The molecule has 0 saturated heterocycles. The molecule has 0 fully saturated rings. The Morgan fingerprint density at radius 2 is 2.18 bits per heavy atom. The number of nitrogens with zero attached hydrogens (tertiary/aromatic N) is 1. The maximum absolute atomic E-state index is 6.27. The third-order valence-corrected chi connectivity index (χ3v) is 5.61. The van der Waals surface area contributed by atoms with Gasteiger partial charge < -0.3 is 0 Å². The Balaban J connectivity index is 2.20. The van der Waals surface area contributed by atoms with Crippen molar-refractivity contribution in [2.45, 2.75) is 25.1 Å². The van der Waals surface area contributed by atoms with E-state index in [1.54, 1.807) is 11.3 Å². The number of thiophene rings is 1. The van der Waals surface area contributed by atoms with Crippen molar-refractivity contribution in [1.29, 1.82) is 0 Å². The van der Waals surface area contributed by atoms with Crippen LogP contribution in [0.15, 0.2) is 23.7 Å². The second-order valence-corrected chi connectivity index (χ2v) is 6.43. The topological polar surface area (TPSA) is 12.9 Å². The standard InChI is InChI=1S/C13H13BrClNS/c1-8-4-3-5-16-11(8)6-10(14)13-12(15)9(2)7-17-13/h3-5,7,10H,6H2,1-2H3. The highest BCUT2D eigenvalue weighted by Crippen LogP contribution is 2.38. The lowest BCUT2D eigenvalue weighted by Gasteiger charge is -2.10. The molecule has 2 aromatic rings. The van der Waals surface area contributed by atoms with Crippen LogP contribution in [0.5, 0.6) is 0 Å². The quantitative estimate of drug-likeness (QED) is 0.714. The molecule has 1 unspecified atom stereocenters. The van der Waals surface area contributed by atoms with Crippen LogP contribution in [0.4, 0.5) is 0 Å². The van der Waals surface area contributed by atoms with Crippen molar-refractivity contribution >= 4 is 38.9 Å². The normalized spacial score (nSPS) is 12.7. The van der Waals surface area contributed by atoms with E-state index in [0.717, 1.165) is 22.7 Å². The van der Waals surface area contributed by atoms with Crippen molar-refractivity contribution < 1.29 is 0 Å². The van der Waals surface area contributed by atoms with Gasteiger partial charge in [-0.05, 0) is 36.4 Å². The van der Waals surface area contributed by atoms with Crippen LogP contribution >= 0.6 is 38.9 Å². The molecule has 2 heterocycles. The van der Waals surface area contributed by atoms with Crippen molar-refractivity contribution in [3.05, 3.63) is 50.4 Å². The second-order valence-electron chi connectivity index (χ2n) is 4.04. The maximum atomic E-state index is 6.27. The molecule has 2 aromatic heterocycles. The molecule has 17 heavy (non-hydrogen) atoms. The molecule has 0 aliphatic heterocycles. The lowest BCUT2D eigenvalue weighted by Crippen LogP contribution is -1.99. The summed E-state index contributed by atoms with van der Waals surface area (Å²) in [6, 6.07) is 4.05. The van der Waals surface area contributed by atoms with E-state index in [2.05, 4.69) is 39.3 Å². The molecule has 0 amide bonds. The van der Waals surface area contributed by atoms with Crippen LogP contribution in [-0.2, 0) is 6.42 Å². The van der Waals surface area contributed by atoms with Gasteiger partial charge in [-0.2, -0.15) is 0 Å². The first-order valence-corrected chi connectivity index (χ1v) is 7.55. The Labute approximate surface area is 119 Å². The minimum Gasteiger partial charge on any atom is -0.261 e. The van der Waals surface area contributed by atoms with E-state index >= 15 is 0 Å². The summed E-state index contributed by atoms with van der Waals surface area (Å²) in [6.07, 6.45) is 2.70. The summed E-state index contributed by atoms with van der Waals surface area (Å²) in [5.41, 5.74) is 3.49. The Bertz CT molecular complexity index is 524. The lowest BCUT2D eigenvalue weighted by molar-refractivity contribution is 0.905. The zero-order valence-electron chi connectivity index (χ0n) is 9.71. The largest absolute Gasteiger partial charge is 0.261 e. The van der Waals surface area contributed by atoms with Crippen molar-refractivity contribution in [1.82, 2.24) is 4.98 Å². The Morgan fingerprint density at radius 3 is 2.76 bits per heavy atom. The highest BCUT2D eigenvalue weighted by atomic mass is 79.9. The van der Waals surface area contributed by atoms with Crippen LogP contribution in [0, 0.1) is 13.8 Å². The molecule has 4 heteroatoms. The molecule has 90 valence electrons. The zero-order valence-corrected chi connectivity index (χ0v) is 12.9. The molecule has 0 aliphatic carbocycles. The summed E-state index contributed by atoms with van der Waals surface area (Å²) in [5.74, 6) is 0. The van der Waals surface area contributed by atoms with Crippen molar-refractivity contribution in [2.24, 2.45) is 0 Å². The van der Waals surface area contributed by atoms with Crippen LogP contribution in [-0.4, -0.2) is 4.98 Å². The molecule has 0 N–H and O–H groups in total. The van der Waals surface area contributed by atoms with E-state index in [0.29, 0.717) is 0 Å². The number of hydrogen-bond acceptors (Lipinski definition) is 2. The molecule has 0 spiro atoms. The van der Waals surface area contributed by atoms with Gasteiger partial charge in [0.25, 0.3) is 0 Å². The van der Waals surface area contributed by atoms with E-state index in [1.807, 2.05) is 19.2 Å². The van der Waals surface area contributed by atoms with E-state index in [1.165, 1.54) is 10.4 Å². The summed E-state index contributed by atoms with van der Waals surface area (Å²) < 4.78 is 0. The molecule has 2 rings (SSSR count). The van der Waals surface area contributed by atoms with Crippen molar-refractivity contribution in [3.8, 4) is 0 Å². The fraction of sp³-hybridized carbons (Fsp3) is 0.308. The SMILES string of the molecule is Cc1cccnc1CC(Br)c1scc(C)c1Cl. The van der Waals surface area contributed by atoms with Gasteiger partial charge in [0.1, 0.15) is 0 Å². The van der Waals surface area contributed by atoms with Crippen molar-refractivity contribution in [3.63, 3.8) is 0 Å². The molecule has 0 radical (unpaired) electrons. The highest BCUT2D eigenvalue weighted by Gasteiger charge is 2.17. The number of aromatic nitrogens is 1. The lowest BCUT2D eigenvalue weighted by atomic mass is 10.1. The molecule has 0 saturated carbocycles. The maximum Gasteiger partial charge on any atom is 0.0585 e. The number of hydrogen-bond donors (Lipinski definition) is 0. The average molecular weight is 331 g/mol. The smallest absolute Gasteiger partial charge is 0.0585 e. The van der Waals surface area contributed by atoms with Gasteiger partial charge in [-0.15, -0.1) is 11.3 Å². The summed E-state index contributed by atoms with van der Waals surface area (Å²) in [7, 11) is 0. The van der Waals surface area contributed by atoms with Crippen LogP contribution in [0.2, 0.25) is 5.02 Å². The third kappa shape index (κ3) is 2.90. The van der Waals surface area contributed by atoms with Gasteiger partial charge in [-0.1, -0.05) is 33.6 Å². The summed E-state index contributed by atoms with van der Waals surface area (Å²) >= 11 is 11.7. The number of alkyl halides is 1. The van der Waals surface area contributed by atoms with Crippen LogP contribution in [0.1, 0.15) is 26.5 Å².